The molecule has 2 aliphatic heterocycles. The van der Waals surface area contributed by atoms with Gasteiger partial charge >= 0.3 is 0 Å². The summed E-state index contributed by atoms with van der Waals surface area (Å²) in [6.07, 6.45) is 8.62. The van der Waals surface area contributed by atoms with E-state index in [2.05, 4.69) is 17.1 Å². The maximum atomic E-state index is 12.7. The molecule has 0 N–H and O–H groups in total. The lowest BCUT2D eigenvalue weighted by Gasteiger charge is -2.48. The van der Waals surface area contributed by atoms with Crippen molar-refractivity contribution in [2.24, 2.45) is 12.5 Å². The number of carbonyl (C=O) groups is 2. The summed E-state index contributed by atoms with van der Waals surface area (Å²) in [6.45, 7) is 5.46. The molecule has 0 radical (unpaired) electrons. The monoisotopic (exact) mass is 361 g/mol. The normalized spacial score (nSPS) is 23.7. The summed E-state index contributed by atoms with van der Waals surface area (Å²) >= 11 is 0. The van der Waals surface area contributed by atoms with E-state index >= 15 is 0 Å². The number of nitrogens with zero attached hydrogens (tertiary/aromatic N) is 5. The van der Waals surface area contributed by atoms with Gasteiger partial charge in [0.05, 0.1) is 0 Å². The first kappa shape index (κ1) is 18.9. The third-order valence-electron chi connectivity index (χ3n) is 5.91. The van der Waals surface area contributed by atoms with E-state index in [1.54, 1.807) is 6.33 Å². The van der Waals surface area contributed by atoms with Crippen molar-refractivity contribution in [2.75, 3.05) is 26.2 Å². The number of amides is 2. The molecule has 0 bridgehead atoms. The topological polar surface area (TPSA) is 71.3 Å². The molecular weight excluding hydrogens is 330 g/mol. The van der Waals surface area contributed by atoms with Crippen molar-refractivity contribution in [3.8, 4) is 0 Å². The van der Waals surface area contributed by atoms with Gasteiger partial charge in [0.25, 0.3) is 0 Å². The molecule has 0 saturated carbocycles. The third-order valence-corrected chi connectivity index (χ3v) is 5.91. The van der Waals surface area contributed by atoms with E-state index in [-0.39, 0.29) is 17.2 Å². The summed E-state index contributed by atoms with van der Waals surface area (Å²) in [5.41, 5.74) is 0.0976. The van der Waals surface area contributed by atoms with Crippen molar-refractivity contribution < 1.29 is 9.59 Å². The van der Waals surface area contributed by atoms with Crippen LogP contribution in [-0.2, 0) is 23.1 Å². The van der Waals surface area contributed by atoms with Crippen molar-refractivity contribution in [3.05, 3.63) is 12.2 Å². The van der Waals surface area contributed by atoms with Gasteiger partial charge < -0.3 is 14.4 Å². The van der Waals surface area contributed by atoms with Crippen molar-refractivity contribution in [1.29, 1.82) is 0 Å². The molecule has 2 amide bonds. The summed E-state index contributed by atoms with van der Waals surface area (Å²) in [7, 11) is 1.90. The summed E-state index contributed by atoms with van der Waals surface area (Å²) in [5, 5.41) is 7.93. The van der Waals surface area contributed by atoms with Crippen LogP contribution in [0, 0.1) is 5.41 Å². The molecule has 1 spiro atoms. The number of aromatic nitrogens is 3. The number of likely N-dealkylation sites (tertiary alicyclic amines) is 2. The summed E-state index contributed by atoms with van der Waals surface area (Å²) in [5.74, 6) is 1.33. The fraction of sp³-hybridized carbons (Fsp3) is 0.789. The smallest absolute Gasteiger partial charge is 0.223 e. The second kappa shape index (κ2) is 8.18. The molecule has 1 aromatic rings. The van der Waals surface area contributed by atoms with Crippen LogP contribution in [0.4, 0.5) is 0 Å². The highest BCUT2D eigenvalue weighted by Gasteiger charge is 2.42. The molecular formula is C19H31N5O2. The van der Waals surface area contributed by atoms with Crippen molar-refractivity contribution >= 4 is 11.8 Å². The minimum Gasteiger partial charge on any atom is -0.342 e. The Morgan fingerprint density at radius 3 is 2.88 bits per heavy atom. The summed E-state index contributed by atoms with van der Waals surface area (Å²) in [4.78, 5) is 29.0. The Bertz CT molecular complexity index is 644. The molecule has 0 unspecified atom stereocenters. The Balaban J connectivity index is 1.58. The summed E-state index contributed by atoms with van der Waals surface area (Å²) in [6, 6.07) is 0. The largest absolute Gasteiger partial charge is 0.342 e. The van der Waals surface area contributed by atoms with Crippen LogP contribution < -0.4 is 0 Å². The average molecular weight is 361 g/mol. The Morgan fingerprint density at radius 2 is 2.15 bits per heavy atom. The van der Waals surface area contributed by atoms with E-state index in [0.29, 0.717) is 19.3 Å². The van der Waals surface area contributed by atoms with Crippen LogP contribution in [0.5, 0.6) is 0 Å². The quantitative estimate of drug-likeness (QED) is 0.774. The Morgan fingerprint density at radius 1 is 1.31 bits per heavy atom. The van der Waals surface area contributed by atoms with Gasteiger partial charge in [-0.3, -0.25) is 9.59 Å². The molecule has 7 heteroatoms. The lowest BCUT2D eigenvalue weighted by molar-refractivity contribution is -0.143. The fourth-order valence-corrected chi connectivity index (χ4v) is 4.32. The van der Waals surface area contributed by atoms with Gasteiger partial charge in [0, 0.05) is 57.9 Å². The number of aryl methyl sites for hydroxylation is 2. The Kier molecular flexibility index (Phi) is 5.94. The first-order valence-corrected chi connectivity index (χ1v) is 9.91. The second-order valence-electron chi connectivity index (χ2n) is 7.95. The van der Waals surface area contributed by atoms with Crippen molar-refractivity contribution in [2.45, 2.75) is 58.3 Å². The van der Waals surface area contributed by atoms with E-state index in [1.165, 1.54) is 0 Å². The number of piperidine rings is 2. The van der Waals surface area contributed by atoms with Crippen LogP contribution in [0.1, 0.15) is 57.7 Å². The minimum atomic E-state index is 0.0976. The van der Waals surface area contributed by atoms with Crippen LogP contribution in [0.2, 0.25) is 0 Å². The predicted octanol–water partition coefficient (Wildman–Crippen LogP) is 1.78. The zero-order valence-corrected chi connectivity index (χ0v) is 16.1. The van der Waals surface area contributed by atoms with Crippen LogP contribution in [0.15, 0.2) is 6.33 Å². The second-order valence-corrected chi connectivity index (χ2v) is 7.95. The Hall–Kier alpha value is -1.92. The molecule has 0 aliphatic carbocycles. The van der Waals surface area contributed by atoms with Gasteiger partial charge in [0.2, 0.25) is 11.8 Å². The lowest BCUT2D eigenvalue weighted by Crippen LogP contribution is -2.55. The van der Waals surface area contributed by atoms with Gasteiger partial charge in [-0.1, -0.05) is 13.3 Å². The van der Waals surface area contributed by atoms with E-state index in [9.17, 15) is 9.59 Å². The SMILES string of the molecule is CCCCN1C[C@]2(CCCN(C(=O)CCc3nncn3C)C2)CCC1=O. The standard InChI is InChI=1S/C19H31N5O2/c1-3-4-11-23-13-19(10-8-18(23)26)9-5-12-24(14-19)17(25)7-6-16-21-20-15-22(16)2/h15H,3-14H2,1-2H3/t19-/m0/s1. The van der Waals surface area contributed by atoms with Gasteiger partial charge in [-0.25, -0.2) is 0 Å². The zero-order chi connectivity index (χ0) is 18.6. The van der Waals surface area contributed by atoms with Gasteiger partial charge in [0.1, 0.15) is 12.2 Å². The van der Waals surface area contributed by atoms with Crippen LogP contribution >= 0.6 is 0 Å². The van der Waals surface area contributed by atoms with Gasteiger partial charge in [-0.2, -0.15) is 0 Å². The molecule has 2 aliphatic rings. The highest BCUT2D eigenvalue weighted by Crippen LogP contribution is 2.39. The van der Waals surface area contributed by atoms with Crippen molar-refractivity contribution in [1.82, 2.24) is 24.6 Å². The molecule has 144 valence electrons. The Labute approximate surface area is 155 Å². The highest BCUT2D eigenvalue weighted by molar-refractivity contribution is 5.78. The van der Waals surface area contributed by atoms with Gasteiger partial charge in [-0.15, -0.1) is 10.2 Å². The highest BCUT2D eigenvalue weighted by atomic mass is 16.2. The number of rotatable bonds is 6. The van der Waals surface area contributed by atoms with Crippen LogP contribution in [0.25, 0.3) is 0 Å². The van der Waals surface area contributed by atoms with Crippen LogP contribution in [-0.4, -0.2) is 62.6 Å². The number of hydrogen-bond donors (Lipinski definition) is 0. The molecule has 1 atom stereocenters. The minimum absolute atomic E-state index is 0.0976. The molecule has 1 aromatic heterocycles. The maximum absolute atomic E-state index is 12.7. The van der Waals surface area contributed by atoms with Gasteiger partial charge in [-0.05, 0) is 25.7 Å². The molecule has 2 saturated heterocycles. The van der Waals surface area contributed by atoms with E-state index in [1.807, 2.05) is 21.4 Å². The predicted molar refractivity (Wildman–Crippen MR) is 98.3 cm³/mol. The number of unbranched alkanes of at least 4 members (excludes halogenated alkanes) is 1. The number of hydrogen-bond acceptors (Lipinski definition) is 4. The third kappa shape index (κ3) is 4.24. The van der Waals surface area contributed by atoms with Gasteiger partial charge in [0.15, 0.2) is 0 Å². The average Bonchev–Trinajstić information content (AvgIpc) is 3.06. The van der Waals surface area contributed by atoms with E-state index in [0.717, 1.165) is 64.1 Å². The maximum Gasteiger partial charge on any atom is 0.223 e. The molecule has 26 heavy (non-hydrogen) atoms. The first-order valence-electron chi connectivity index (χ1n) is 9.91. The molecule has 0 aromatic carbocycles. The van der Waals surface area contributed by atoms with E-state index in [4.69, 9.17) is 0 Å². The fourth-order valence-electron chi connectivity index (χ4n) is 4.32. The number of carbonyl (C=O) groups excluding carboxylic acids is 2. The van der Waals surface area contributed by atoms with Crippen molar-refractivity contribution in [3.63, 3.8) is 0 Å². The molecule has 3 heterocycles. The molecule has 2 fully saturated rings. The zero-order valence-electron chi connectivity index (χ0n) is 16.1. The first-order chi connectivity index (χ1) is 12.5. The molecule has 7 nitrogen and oxygen atoms in total. The molecule has 3 rings (SSSR count). The van der Waals surface area contributed by atoms with E-state index < -0.39 is 0 Å². The summed E-state index contributed by atoms with van der Waals surface area (Å²) < 4.78 is 1.86. The lowest BCUT2D eigenvalue weighted by atomic mass is 9.73. The van der Waals surface area contributed by atoms with Crippen LogP contribution in [0.3, 0.4) is 0 Å².